The molecule has 0 saturated heterocycles. The lowest BCUT2D eigenvalue weighted by Crippen LogP contribution is -2.26. The quantitative estimate of drug-likeness (QED) is 0.616. The van der Waals surface area contributed by atoms with Crippen LogP contribution in [-0.2, 0) is 14.6 Å². The van der Waals surface area contributed by atoms with Crippen LogP contribution in [0.25, 0.3) is 0 Å². The lowest BCUT2D eigenvalue weighted by Gasteiger charge is -2.18. The average molecular weight is 286 g/mol. The number of anilines is 2. The first-order chi connectivity index (χ1) is 8.74. The summed E-state index contributed by atoms with van der Waals surface area (Å²) in [4.78, 5) is 11.6. The number of hydrogen-bond acceptors (Lipinski definition) is 6. The van der Waals surface area contributed by atoms with Crippen molar-refractivity contribution in [3.05, 3.63) is 23.8 Å². The molecule has 0 amide bonds. The number of carbonyl (C=O) groups excluding carboxylic acids is 1. The molecule has 6 nitrogen and oxygen atoms in total. The van der Waals surface area contributed by atoms with Gasteiger partial charge in [-0.05, 0) is 19.1 Å². The minimum Gasteiger partial charge on any atom is -0.465 e. The number of nitrogen functional groups attached to an aromatic ring is 1. The summed E-state index contributed by atoms with van der Waals surface area (Å²) in [6.07, 6.45) is 1.15. The number of benzene rings is 1. The van der Waals surface area contributed by atoms with Crippen molar-refractivity contribution >= 4 is 27.2 Å². The Morgan fingerprint density at radius 2 is 2.11 bits per heavy atom. The molecule has 0 fully saturated rings. The largest absolute Gasteiger partial charge is 0.465 e. The molecule has 3 N–H and O–H groups in total. The van der Waals surface area contributed by atoms with Crippen LogP contribution >= 0.6 is 0 Å². The van der Waals surface area contributed by atoms with Gasteiger partial charge in [0, 0.05) is 12.3 Å². The van der Waals surface area contributed by atoms with Crippen molar-refractivity contribution in [2.75, 3.05) is 30.2 Å². The molecule has 0 aliphatic heterocycles. The van der Waals surface area contributed by atoms with E-state index in [0.29, 0.717) is 11.4 Å². The third-order valence-corrected chi connectivity index (χ3v) is 3.55. The van der Waals surface area contributed by atoms with Crippen LogP contribution in [0.1, 0.15) is 17.3 Å². The molecule has 7 heteroatoms. The second-order valence-corrected chi connectivity index (χ2v) is 6.58. The van der Waals surface area contributed by atoms with E-state index in [4.69, 9.17) is 5.73 Å². The summed E-state index contributed by atoms with van der Waals surface area (Å²) < 4.78 is 27.1. The van der Waals surface area contributed by atoms with E-state index in [0.717, 1.165) is 6.26 Å². The maximum Gasteiger partial charge on any atom is 0.340 e. The smallest absolute Gasteiger partial charge is 0.340 e. The van der Waals surface area contributed by atoms with E-state index in [1.807, 2.05) is 0 Å². The fourth-order valence-corrected chi connectivity index (χ4v) is 2.75. The van der Waals surface area contributed by atoms with Crippen molar-refractivity contribution in [1.29, 1.82) is 0 Å². The number of carbonyl (C=O) groups is 1. The van der Waals surface area contributed by atoms with Crippen molar-refractivity contribution < 1.29 is 17.9 Å². The van der Waals surface area contributed by atoms with Crippen molar-refractivity contribution in [2.45, 2.75) is 13.0 Å². The van der Waals surface area contributed by atoms with Gasteiger partial charge >= 0.3 is 5.97 Å². The topological polar surface area (TPSA) is 98.5 Å². The van der Waals surface area contributed by atoms with Crippen LogP contribution in [0.15, 0.2) is 18.2 Å². The molecular formula is C12H18N2O4S. The predicted octanol–water partition coefficient (Wildman–Crippen LogP) is 0.900. The molecule has 106 valence electrons. The van der Waals surface area contributed by atoms with Crippen LogP contribution in [0.3, 0.4) is 0 Å². The number of nitrogens with two attached hydrogens (primary N) is 1. The summed E-state index contributed by atoms with van der Waals surface area (Å²) in [5, 5.41) is 2.95. The summed E-state index contributed by atoms with van der Waals surface area (Å²) in [5.41, 5.74) is 6.84. The zero-order chi connectivity index (χ0) is 14.6. The Bertz CT molecular complexity index is 569. The van der Waals surface area contributed by atoms with E-state index in [1.54, 1.807) is 25.1 Å². The molecule has 1 aromatic carbocycles. The number of rotatable bonds is 5. The Kier molecular flexibility index (Phi) is 4.77. The third kappa shape index (κ3) is 4.44. The highest BCUT2D eigenvalue weighted by Gasteiger charge is 2.17. The number of nitrogens with one attached hydrogen (secondary N) is 1. The molecule has 0 aliphatic rings. The number of ether oxygens (including phenoxy) is 1. The van der Waals surface area contributed by atoms with Crippen molar-refractivity contribution in [2.24, 2.45) is 0 Å². The summed E-state index contributed by atoms with van der Waals surface area (Å²) in [7, 11) is -1.84. The van der Waals surface area contributed by atoms with Gasteiger partial charge in [-0.15, -0.1) is 0 Å². The SMILES string of the molecule is COC(=O)c1cccc(N)c1NC(C)CS(C)(=O)=O. The first kappa shape index (κ1) is 15.3. The minimum atomic E-state index is -3.11. The molecule has 1 atom stereocenters. The number of esters is 1. The number of para-hydroxylation sites is 1. The highest BCUT2D eigenvalue weighted by molar-refractivity contribution is 7.90. The minimum absolute atomic E-state index is 0.0536. The second kappa shape index (κ2) is 5.92. The standard InChI is InChI=1S/C12H18N2O4S/c1-8(7-19(3,16)17)14-11-9(12(15)18-2)5-4-6-10(11)13/h4-6,8,14H,7,13H2,1-3H3. The average Bonchev–Trinajstić information content (AvgIpc) is 2.28. The Labute approximate surface area is 112 Å². The van der Waals surface area contributed by atoms with Gasteiger partial charge in [0.05, 0.1) is 29.8 Å². The van der Waals surface area contributed by atoms with E-state index in [9.17, 15) is 13.2 Å². The Hall–Kier alpha value is -1.76. The molecule has 0 radical (unpaired) electrons. The normalized spacial score (nSPS) is 12.8. The molecule has 0 aromatic heterocycles. The fourth-order valence-electron chi connectivity index (χ4n) is 1.75. The molecule has 1 aromatic rings. The summed E-state index contributed by atoms with van der Waals surface area (Å²) in [6, 6.07) is 4.45. The van der Waals surface area contributed by atoms with Gasteiger partial charge in [0.1, 0.15) is 9.84 Å². The van der Waals surface area contributed by atoms with Gasteiger partial charge in [0.15, 0.2) is 0 Å². The van der Waals surface area contributed by atoms with Crippen LogP contribution < -0.4 is 11.1 Å². The maximum atomic E-state index is 11.6. The number of methoxy groups -OCH3 is 1. The molecule has 0 heterocycles. The zero-order valence-corrected chi connectivity index (χ0v) is 12.0. The van der Waals surface area contributed by atoms with E-state index in [1.165, 1.54) is 7.11 Å². The van der Waals surface area contributed by atoms with Gasteiger partial charge in [-0.2, -0.15) is 0 Å². The Balaban J connectivity index is 3.03. The Morgan fingerprint density at radius 3 is 2.63 bits per heavy atom. The second-order valence-electron chi connectivity index (χ2n) is 4.40. The van der Waals surface area contributed by atoms with Crippen LogP contribution in [0.5, 0.6) is 0 Å². The molecule has 0 spiro atoms. The van der Waals surface area contributed by atoms with Crippen molar-refractivity contribution in [3.63, 3.8) is 0 Å². The van der Waals surface area contributed by atoms with E-state index in [-0.39, 0.29) is 17.4 Å². The summed E-state index contributed by atoms with van der Waals surface area (Å²) >= 11 is 0. The monoisotopic (exact) mass is 286 g/mol. The van der Waals surface area contributed by atoms with Crippen LogP contribution in [0.4, 0.5) is 11.4 Å². The van der Waals surface area contributed by atoms with Crippen LogP contribution in [-0.4, -0.2) is 39.5 Å². The van der Waals surface area contributed by atoms with Gasteiger partial charge in [-0.3, -0.25) is 0 Å². The lowest BCUT2D eigenvalue weighted by molar-refractivity contribution is 0.0602. The molecule has 0 aliphatic carbocycles. The highest BCUT2D eigenvalue weighted by Crippen LogP contribution is 2.25. The van der Waals surface area contributed by atoms with Gasteiger partial charge in [0.25, 0.3) is 0 Å². The fraction of sp³-hybridized carbons (Fsp3) is 0.417. The summed E-state index contributed by atoms with van der Waals surface area (Å²) in [5.74, 6) is -0.580. The molecule has 1 unspecified atom stereocenters. The summed E-state index contributed by atoms with van der Waals surface area (Å²) in [6.45, 7) is 1.70. The van der Waals surface area contributed by atoms with Gasteiger partial charge in [-0.25, -0.2) is 13.2 Å². The lowest BCUT2D eigenvalue weighted by atomic mass is 10.1. The third-order valence-electron chi connectivity index (χ3n) is 2.45. The van der Waals surface area contributed by atoms with Gasteiger partial charge < -0.3 is 15.8 Å². The zero-order valence-electron chi connectivity index (χ0n) is 11.1. The molecule has 0 saturated carbocycles. The first-order valence-electron chi connectivity index (χ1n) is 5.65. The highest BCUT2D eigenvalue weighted by atomic mass is 32.2. The molecule has 0 bridgehead atoms. The van der Waals surface area contributed by atoms with E-state index >= 15 is 0 Å². The van der Waals surface area contributed by atoms with E-state index in [2.05, 4.69) is 10.1 Å². The van der Waals surface area contributed by atoms with E-state index < -0.39 is 15.8 Å². The number of sulfone groups is 1. The Morgan fingerprint density at radius 1 is 1.47 bits per heavy atom. The molecular weight excluding hydrogens is 268 g/mol. The van der Waals surface area contributed by atoms with Crippen LogP contribution in [0.2, 0.25) is 0 Å². The first-order valence-corrected chi connectivity index (χ1v) is 7.71. The van der Waals surface area contributed by atoms with Crippen LogP contribution in [0, 0.1) is 0 Å². The van der Waals surface area contributed by atoms with Crippen molar-refractivity contribution in [1.82, 2.24) is 0 Å². The van der Waals surface area contributed by atoms with Crippen molar-refractivity contribution in [3.8, 4) is 0 Å². The molecule has 1 rings (SSSR count). The number of hydrogen-bond donors (Lipinski definition) is 2. The predicted molar refractivity (Wildman–Crippen MR) is 75.0 cm³/mol. The maximum absolute atomic E-state index is 11.6. The van der Waals surface area contributed by atoms with Gasteiger partial charge in [-0.1, -0.05) is 6.07 Å². The molecule has 19 heavy (non-hydrogen) atoms. The van der Waals surface area contributed by atoms with Gasteiger partial charge in [0.2, 0.25) is 0 Å².